The van der Waals surface area contributed by atoms with Crippen LogP contribution >= 0.6 is 0 Å². The van der Waals surface area contributed by atoms with Gasteiger partial charge in [0.15, 0.2) is 0 Å². The largest absolute Gasteiger partial charge is 0.394 e. The maximum Gasteiger partial charge on any atom is 0.273 e. The van der Waals surface area contributed by atoms with Crippen molar-refractivity contribution in [3.05, 3.63) is 12.2 Å². The minimum Gasteiger partial charge on any atom is -0.394 e. The molecule has 0 aromatic carbocycles. The standard InChI is InChI=1S/C63H113N11O14/c1-24-26-27-41(15)52(77)51-56(81)65-43(25-2)58(82)68(17)34-48(76)69(18)44(30-35(3)4)55(80)66-49(39(11)12)61(85)70(19)45(31-36(5)6)54(79)64-42(16)53(78)67-57(88-29-28-75)63(87)72(21)46(32-37(7)8)59(83)71(20)47(33-38(9)10)60(84)73(22)50(40(13)14)62(86)74(51)23/h24,26,35-47,49-52,57,75,77H,25,27-34H2,1-23H3,(H,64,79)(H,65,81)(H,66,80)(H,67,78)/t41-,42+,43+,44+,45+,46+,47+,49+,50+,51+,52-,57-/m1/s1. The average molecular weight is 1250 g/mol. The predicted octanol–water partition coefficient (Wildman–Crippen LogP) is 2.22. The summed E-state index contributed by atoms with van der Waals surface area (Å²) in [5, 5.41) is 32.7. The maximum absolute atomic E-state index is 15.2. The van der Waals surface area contributed by atoms with Gasteiger partial charge in [-0.3, -0.25) is 52.7 Å². The summed E-state index contributed by atoms with van der Waals surface area (Å²) in [7, 11) is 9.67. The Morgan fingerprint density at radius 3 is 1.41 bits per heavy atom. The summed E-state index contributed by atoms with van der Waals surface area (Å²) >= 11 is 0. The Bertz CT molecular complexity index is 2380. The fourth-order valence-corrected chi connectivity index (χ4v) is 10.8. The second kappa shape index (κ2) is 37.1. The summed E-state index contributed by atoms with van der Waals surface area (Å²) in [6.07, 6.45) is 0.940. The third kappa shape index (κ3) is 22.7. The SMILES string of the molecule is CC=CC[C@@H](C)[C@@H](O)[C@H]1C(=O)N[C@@H](CC)C(=O)N(C)CC(=O)N(C)[C@@H](CC(C)C)C(=O)N[C@@H](C(C)C)C(=O)N(C)[C@@H](CC(C)C)C(=O)N[C@@H](C)C(=O)N[C@H](OCCO)C(=O)N(C)[C@@H](CC(C)C)C(=O)N(C)[C@@H](CC(C)C)C(=O)N(C)[C@@H](C(C)C)C(=O)N1C. The maximum atomic E-state index is 15.2. The fraction of sp³-hybridized carbons (Fsp3) is 0.794. The number of likely N-dealkylation sites (N-methyl/N-ethyl adjacent to an activating group) is 7. The molecule has 1 aliphatic heterocycles. The average Bonchev–Trinajstić information content (AvgIpc) is 1.57. The monoisotopic (exact) mass is 1250 g/mol. The van der Waals surface area contributed by atoms with E-state index in [1.807, 2.05) is 55.4 Å². The number of carbonyl (C=O) groups excluding carboxylic acids is 11. The van der Waals surface area contributed by atoms with Crippen molar-refractivity contribution < 1.29 is 67.7 Å². The molecule has 12 atom stereocenters. The molecule has 1 rings (SSSR count). The van der Waals surface area contributed by atoms with Gasteiger partial charge < -0.3 is 70.5 Å². The Hall–Kier alpha value is -6.21. The van der Waals surface area contributed by atoms with Crippen LogP contribution in [0.15, 0.2) is 12.2 Å². The van der Waals surface area contributed by atoms with Gasteiger partial charge in [0.2, 0.25) is 65.3 Å². The number of nitrogens with one attached hydrogen (secondary N) is 4. The topological polar surface area (TPSA) is 308 Å². The quantitative estimate of drug-likeness (QED) is 0.107. The molecule has 1 saturated heterocycles. The second-order valence-corrected chi connectivity index (χ2v) is 26.3. The highest BCUT2D eigenvalue weighted by Gasteiger charge is 2.46. The molecule has 0 aromatic rings. The number of aliphatic hydroxyl groups is 2. The van der Waals surface area contributed by atoms with E-state index in [1.54, 1.807) is 60.6 Å². The molecule has 0 radical (unpaired) electrons. The Morgan fingerprint density at radius 2 is 0.955 bits per heavy atom. The smallest absolute Gasteiger partial charge is 0.273 e. The number of ether oxygens (including phenoxy) is 1. The summed E-state index contributed by atoms with van der Waals surface area (Å²) in [6.45, 7) is 26.5. The Morgan fingerprint density at radius 1 is 0.511 bits per heavy atom. The van der Waals surface area contributed by atoms with E-state index in [9.17, 15) is 48.6 Å². The third-order valence-corrected chi connectivity index (χ3v) is 16.2. The van der Waals surface area contributed by atoms with Crippen LogP contribution in [0.3, 0.4) is 0 Å². The van der Waals surface area contributed by atoms with Crippen LogP contribution in [-0.4, -0.2) is 245 Å². The predicted molar refractivity (Wildman–Crippen MR) is 336 cm³/mol. The summed E-state index contributed by atoms with van der Waals surface area (Å²) in [6, 6.07) is -11.7. The van der Waals surface area contributed by atoms with Gasteiger partial charge in [0.25, 0.3) is 5.91 Å². The highest BCUT2D eigenvalue weighted by molar-refractivity contribution is 5.99. The molecule has 1 heterocycles. The normalized spacial score (nSPS) is 26.4. The highest BCUT2D eigenvalue weighted by atomic mass is 16.5. The van der Waals surface area contributed by atoms with Crippen LogP contribution in [0, 0.1) is 41.4 Å². The zero-order valence-electron chi connectivity index (χ0n) is 57.3. The number of rotatable bonds is 18. The lowest BCUT2D eigenvalue weighted by molar-refractivity contribution is -0.160. The molecule has 0 bridgehead atoms. The third-order valence-electron chi connectivity index (χ3n) is 16.2. The van der Waals surface area contributed by atoms with Crippen LogP contribution < -0.4 is 21.3 Å². The van der Waals surface area contributed by atoms with Crippen molar-refractivity contribution in [3.8, 4) is 0 Å². The number of carbonyl (C=O) groups is 11. The molecule has 25 heteroatoms. The van der Waals surface area contributed by atoms with Crippen molar-refractivity contribution in [2.24, 2.45) is 41.4 Å². The first-order chi connectivity index (χ1) is 40.7. The molecule has 1 fully saturated rings. The molecule has 0 spiro atoms. The highest BCUT2D eigenvalue weighted by Crippen LogP contribution is 2.26. The summed E-state index contributed by atoms with van der Waals surface area (Å²) in [5.74, 6) is -10.8. The molecule has 0 saturated carbocycles. The molecule has 88 heavy (non-hydrogen) atoms. The number of nitrogens with zero attached hydrogens (tertiary/aromatic N) is 7. The molecule has 504 valence electrons. The number of aliphatic hydroxyl groups excluding tert-OH is 2. The first-order valence-electron chi connectivity index (χ1n) is 31.3. The minimum absolute atomic E-state index is 0.00804. The van der Waals surface area contributed by atoms with Crippen molar-refractivity contribution in [2.75, 3.05) is 69.1 Å². The lowest BCUT2D eigenvalue weighted by Gasteiger charge is -2.41. The number of hydrogen-bond acceptors (Lipinski definition) is 14. The van der Waals surface area contributed by atoms with Gasteiger partial charge in [-0.25, -0.2) is 0 Å². The molecule has 0 aliphatic carbocycles. The van der Waals surface area contributed by atoms with Crippen molar-refractivity contribution in [1.29, 1.82) is 0 Å². The Kier molecular flexibility index (Phi) is 33.6. The van der Waals surface area contributed by atoms with Crippen LogP contribution in [0.5, 0.6) is 0 Å². The molecule has 25 nitrogen and oxygen atoms in total. The van der Waals surface area contributed by atoms with Crippen molar-refractivity contribution in [3.63, 3.8) is 0 Å². The zero-order valence-corrected chi connectivity index (χ0v) is 57.3. The van der Waals surface area contributed by atoms with Gasteiger partial charge in [-0.1, -0.05) is 109 Å². The number of allylic oxidation sites excluding steroid dienone is 2. The summed E-state index contributed by atoms with van der Waals surface area (Å²) < 4.78 is 5.71. The van der Waals surface area contributed by atoms with E-state index in [4.69, 9.17) is 4.74 Å². The molecular formula is C63H113N11O14. The van der Waals surface area contributed by atoms with Gasteiger partial charge in [0.1, 0.15) is 54.4 Å². The summed E-state index contributed by atoms with van der Waals surface area (Å²) in [4.78, 5) is 169. The summed E-state index contributed by atoms with van der Waals surface area (Å²) in [5.41, 5.74) is 0. The first-order valence-corrected chi connectivity index (χ1v) is 31.3. The van der Waals surface area contributed by atoms with E-state index >= 15 is 14.4 Å². The Balaban J connectivity index is 4.42. The van der Waals surface area contributed by atoms with E-state index in [0.29, 0.717) is 6.42 Å². The van der Waals surface area contributed by atoms with Crippen molar-refractivity contribution >= 4 is 65.0 Å². The van der Waals surface area contributed by atoms with Crippen molar-refractivity contribution in [1.82, 2.24) is 55.6 Å². The second-order valence-electron chi connectivity index (χ2n) is 26.3. The van der Waals surface area contributed by atoms with Crippen molar-refractivity contribution in [2.45, 2.75) is 216 Å². The lowest BCUT2D eigenvalue weighted by Crippen LogP contribution is -2.63. The van der Waals surface area contributed by atoms with Crippen LogP contribution in [0.4, 0.5) is 0 Å². The van der Waals surface area contributed by atoms with Crippen LogP contribution in [0.25, 0.3) is 0 Å². The van der Waals surface area contributed by atoms with E-state index in [1.165, 1.54) is 75.9 Å². The molecule has 0 unspecified atom stereocenters. The molecule has 1 aliphatic rings. The zero-order chi connectivity index (χ0) is 68.1. The number of amides is 11. The van der Waals surface area contributed by atoms with Gasteiger partial charge in [0, 0.05) is 49.3 Å². The molecule has 11 amide bonds. The van der Waals surface area contributed by atoms with Gasteiger partial charge >= 0.3 is 0 Å². The first kappa shape index (κ1) is 79.8. The Labute approximate surface area is 525 Å². The fourth-order valence-electron chi connectivity index (χ4n) is 10.8. The number of hydrogen-bond donors (Lipinski definition) is 6. The van der Waals surface area contributed by atoms with E-state index in [2.05, 4.69) is 21.3 Å². The van der Waals surface area contributed by atoms with Crippen LogP contribution in [0.1, 0.15) is 149 Å². The van der Waals surface area contributed by atoms with E-state index in [-0.39, 0.29) is 55.8 Å². The molecule has 6 N–H and O–H groups in total. The van der Waals surface area contributed by atoms with Gasteiger partial charge in [-0.15, -0.1) is 0 Å². The lowest BCUT2D eigenvalue weighted by atomic mass is 9.91. The van der Waals surface area contributed by atoms with E-state index in [0.717, 1.165) is 14.7 Å². The van der Waals surface area contributed by atoms with Crippen LogP contribution in [-0.2, 0) is 57.5 Å². The molecular weight excluding hydrogens is 1130 g/mol. The minimum atomic E-state index is -1.81. The van der Waals surface area contributed by atoms with Gasteiger partial charge in [0.05, 0.1) is 25.9 Å². The van der Waals surface area contributed by atoms with Crippen LogP contribution in [0.2, 0.25) is 0 Å². The van der Waals surface area contributed by atoms with Gasteiger partial charge in [-0.2, -0.15) is 0 Å². The van der Waals surface area contributed by atoms with Gasteiger partial charge in [-0.05, 0) is 93.8 Å². The van der Waals surface area contributed by atoms with E-state index < -0.39 is 169 Å². The molecule has 0 aromatic heterocycles.